The molecular weight excluding hydrogens is 202 g/mol. The van der Waals surface area contributed by atoms with Crippen molar-refractivity contribution in [3.63, 3.8) is 0 Å². The third-order valence-electron chi connectivity index (χ3n) is 3.33. The summed E-state index contributed by atoms with van der Waals surface area (Å²) in [4.78, 5) is 14.1. The van der Waals surface area contributed by atoms with Crippen LogP contribution in [0.1, 0.15) is 26.7 Å². The van der Waals surface area contributed by atoms with Crippen LogP contribution in [0, 0.1) is 5.92 Å². The molecule has 1 aliphatic rings. The summed E-state index contributed by atoms with van der Waals surface area (Å²) in [5.41, 5.74) is 0. The lowest BCUT2D eigenvalue weighted by Crippen LogP contribution is -2.42. The molecule has 0 bridgehead atoms. The number of nitrogens with one attached hydrogen (secondary N) is 2. The first kappa shape index (κ1) is 13.5. The Labute approximate surface area is 98.8 Å². The van der Waals surface area contributed by atoms with E-state index in [1.807, 2.05) is 6.92 Å². The topological polar surface area (TPSA) is 44.4 Å². The van der Waals surface area contributed by atoms with Crippen LogP contribution in [-0.4, -0.2) is 50.1 Å². The summed E-state index contributed by atoms with van der Waals surface area (Å²) in [6.07, 6.45) is 2.46. The zero-order valence-electron chi connectivity index (χ0n) is 10.8. The molecule has 0 aromatic rings. The first-order chi connectivity index (χ1) is 7.65. The van der Waals surface area contributed by atoms with Crippen molar-refractivity contribution >= 4 is 5.91 Å². The van der Waals surface area contributed by atoms with E-state index in [-0.39, 0.29) is 11.8 Å². The molecule has 94 valence electrons. The highest BCUT2D eigenvalue weighted by Gasteiger charge is 2.22. The fourth-order valence-corrected chi connectivity index (χ4v) is 2.08. The van der Waals surface area contributed by atoms with E-state index in [9.17, 15) is 4.79 Å². The summed E-state index contributed by atoms with van der Waals surface area (Å²) >= 11 is 0. The summed E-state index contributed by atoms with van der Waals surface area (Å²) in [6.45, 7) is 7.67. The van der Waals surface area contributed by atoms with Crippen LogP contribution < -0.4 is 10.6 Å². The molecule has 1 rings (SSSR count). The molecule has 0 aromatic heterocycles. The number of nitrogens with zero attached hydrogens (tertiary/aromatic N) is 1. The zero-order chi connectivity index (χ0) is 12.0. The van der Waals surface area contributed by atoms with Crippen molar-refractivity contribution in [3.05, 3.63) is 0 Å². The monoisotopic (exact) mass is 227 g/mol. The zero-order valence-corrected chi connectivity index (χ0v) is 10.8. The van der Waals surface area contributed by atoms with Crippen LogP contribution in [0.5, 0.6) is 0 Å². The highest BCUT2D eigenvalue weighted by atomic mass is 16.1. The Hall–Kier alpha value is -0.610. The van der Waals surface area contributed by atoms with Gasteiger partial charge in [-0.25, -0.2) is 0 Å². The molecule has 2 N–H and O–H groups in total. The Morgan fingerprint density at radius 3 is 2.88 bits per heavy atom. The number of hydrogen-bond donors (Lipinski definition) is 2. The van der Waals surface area contributed by atoms with Gasteiger partial charge >= 0.3 is 0 Å². The van der Waals surface area contributed by atoms with Gasteiger partial charge in [0.2, 0.25) is 5.91 Å². The second-order valence-corrected chi connectivity index (χ2v) is 4.73. The molecule has 0 aliphatic carbocycles. The lowest BCUT2D eigenvalue weighted by Gasteiger charge is -2.21. The largest absolute Gasteiger partial charge is 0.354 e. The maximum Gasteiger partial charge on any atom is 0.224 e. The molecule has 0 saturated carbocycles. The normalized spacial score (nSPS) is 23.3. The fourth-order valence-electron chi connectivity index (χ4n) is 2.08. The van der Waals surface area contributed by atoms with Gasteiger partial charge in [0.05, 0.1) is 0 Å². The number of carbonyl (C=O) groups is 1. The number of likely N-dealkylation sites (tertiary alicyclic amines) is 1. The summed E-state index contributed by atoms with van der Waals surface area (Å²) < 4.78 is 0. The second kappa shape index (κ2) is 6.86. The Bertz CT molecular complexity index is 220. The maximum absolute atomic E-state index is 11.7. The van der Waals surface area contributed by atoms with Crippen LogP contribution in [0.25, 0.3) is 0 Å². The first-order valence-electron chi connectivity index (χ1n) is 6.33. The van der Waals surface area contributed by atoms with Crippen molar-refractivity contribution in [1.29, 1.82) is 0 Å². The molecule has 4 heteroatoms. The highest BCUT2D eigenvalue weighted by Crippen LogP contribution is 2.13. The van der Waals surface area contributed by atoms with E-state index in [1.54, 1.807) is 0 Å². The van der Waals surface area contributed by atoms with Gasteiger partial charge in [-0.05, 0) is 33.0 Å². The third kappa shape index (κ3) is 4.10. The van der Waals surface area contributed by atoms with Crippen LogP contribution in [-0.2, 0) is 4.79 Å². The third-order valence-corrected chi connectivity index (χ3v) is 3.33. The van der Waals surface area contributed by atoms with E-state index in [4.69, 9.17) is 0 Å². The SMILES string of the molecule is CCNCC(C)C(=O)NCC1CCCN1C. The van der Waals surface area contributed by atoms with Crippen molar-refractivity contribution in [2.45, 2.75) is 32.7 Å². The highest BCUT2D eigenvalue weighted by molar-refractivity contribution is 5.78. The molecule has 4 nitrogen and oxygen atoms in total. The molecule has 1 fully saturated rings. The van der Waals surface area contributed by atoms with Crippen molar-refractivity contribution in [3.8, 4) is 0 Å². The lowest BCUT2D eigenvalue weighted by molar-refractivity contribution is -0.124. The first-order valence-corrected chi connectivity index (χ1v) is 6.33. The smallest absolute Gasteiger partial charge is 0.224 e. The van der Waals surface area contributed by atoms with E-state index in [1.165, 1.54) is 12.8 Å². The van der Waals surface area contributed by atoms with Gasteiger partial charge in [-0.15, -0.1) is 0 Å². The number of rotatable bonds is 6. The van der Waals surface area contributed by atoms with Crippen LogP contribution in [0.15, 0.2) is 0 Å². The van der Waals surface area contributed by atoms with Gasteiger partial charge in [-0.2, -0.15) is 0 Å². The standard InChI is InChI=1S/C12H25N3O/c1-4-13-8-10(2)12(16)14-9-11-6-5-7-15(11)3/h10-11,13H,4-9H2,1-3H3,(H,14,16). The molecule has 1 amide bonds. The van der Waals surface area contributed by atoms with Crippen molar-refractivity contribution in [2.24, 2.45) is 5.92 Å². The number of amides is 1. The molecule has 2 unspecified atom stereocenters. The Kier molecular flexibility index (Phi) is 5.77. The van der Waals surface area contributed by atoms with E-state index in [2.05, 4.69) is 29.5 Å². The molecule has 1 saturated heterocycles. The quantitative estimate of drug-likeness (QED) is 0.692. The van der Waals surface area contributed by atoms with Gasteiger partial charge in [0.15, 0.2) is 0 Å². The van der Waals surface area contributed by atoms with Crippen molar-refractivity contribution in [2.75, 3.05) is 33.2 Å². The lowest BCUT2D eigenvalue weighted by atomic mass is 10.1. The van der Waals surface area contributed by atoms with Gasteiger partial charge in [0, 0.05) is 25.0 Å². The van der Waals surface area contributed by atoms with Crippen LogP contribution in [0.3, 0.4) is 0 Å². The summed E-state index contributed by atoms with van der Waals surface area (Å²) in [7, 11) is 2.13. The summed E-state index contributed by atoms with van der Waals surface area (Å²) in [5.74, 6) is 0.230. The van der Waals surface area contributed by atoms with Crippen LogP contribution in [0.2, 0.25) is 0 Å². The molecule has 0 aromatic carbocycles. The molecular formula is C12H25N3O. The van der Waals surface area contributed by atoms with Crippen LogP contribution >= 0.6 is 0 Å². The van der Waals surface area contributed by atoms with Crippen LogP contribution in [0.4, 0.5) is 0 Å². The average molecular weight is 227 g/mol. The molecule has 16 heavy (non-hydrogen) atoms. The van der Waals surface area contributed by atoms with E-state index < -0.39 is 0 Å². The van der Waals surface area contributed by atoms with Gasteiger partial charge in [0.25, 0.3) is 0 Å². The predicted octanol–water partition coefficient (Wildman–Crippen LogP) is 0.442. The molecule has 0 spiro atoms. The minimum Gasteiger partial charge on any atom is -0.354 e. The van der Waals surface area contributed by atoms with Gasteiger partial charge in [-0.1, -0.05) is 13.8 Å². The van der Waals surface area contributed by atoms with E-state index in [0.717, 1.165) is 26.2 Å². The fraction of sp³-hybridized carbons (Fsp3) is 0.917. The number of likely N-dealkylation sites (N-methyl/N-ethyl adjacent to an activating group) is 1. The second-order valence-electron chi connectivity index (χ2n) is 4.73. The Morgan fingerprint density at radius 1 is 1.56 bits per heavy atom. The minimum absolute atomic E-state index is 0.0617. The number of carbonyl (C=O) groups excluding carboxylic acids is 1. The average Bonchev–Trinajstić information content (AvgIpc) is 2.68. The predicted molar refractivity (Wildman–Crippen MR) is 66.4 cm³/mol. The summed E-state index contributed by atoms with van der Waals surface area (Å²) in [6, 6.07) is 0.537. The number of hydrogen-bond acceptors (Lipinski definition) is 3. The minimum atomic E-state index is 0.0617. The van der Waals surface area contributed by atoms with Gasteiger partial charge in [0.1, 0.15) is 0 Å². The van der Waals surface area contributed by atoms with Crippen molar-refractivity contribution < 1.29 is 4.79 Å². The van der Waals surface area contributed by atoms with E-state index >= 15 is 0 Å². The molecule has 1 aliphatic heterocycles. The summed E-state index contributed by atoms with van der Waals surface area (Å²) in [5, 5.41) is 6.24. The van der Waals surface area contributed by atoms with Gasteiger partial charge in [-0.3, -0.25) is 4.79 Å². The Balaban J connectivity index is 2.18. The van der Waals surface area contributed by atoms with E-state index in [0.29, 0.717) is 6.04 Å². The maximum atomic E-state index is 11.7. The molecule has 2 atom stereocenters. The Morgan fingerprint density at radius 2 is 2.31 bits per heavy atom. The molecule has 0 radical (unpaired) electrons. The van der Waals surface area contributed by atoms with Crippen molar-refractivity contribution in [1.82, 2.24) is 15.5 Å². The molecule has 1 heterocycles. The van der Waals surface area contributed by atoms with Gasteiger partial charge < -0.3 is 15.5 Å².